The van der Waals surface area contributed by atoms with Gasteiger partial charge in [0, 0.05) is 0 Å². The van der Waals surface area contributed by atoms with Gasteiger partial charge in [0.25, 0.3) is 0 Å². The van der Waals surface area contributed by atoms with Crippen molar-refractivity contribution >= 4 is 14.6 Å². The Morgan fingerprint density at radius 2 is 1.11 bits per heavy atom. The van der Waals surface area contributed by atoms with Crippen molar-refractivity contribution in [3.8, 4) is 0 Å². The molecule has 0 aromatic carbocycles. The van der Waals surface area contributed by atoms with E-state index < -0.39 is 14.6 Å². The molecule has 0 bridgehead atoms. The summed E-state index contributed by atoms with van der Waals surface area (Å²) in [4.78, 5) is 0. The van der Waals surface area contributed by atoms with Crippen molar-refractivity contribution in [2.45, 2.75) is 0 Å². The first-order valence-corrected chi connectivity index (χ1v) is 1.50. The molecule has 0 spiro atoms. The zero-order valence-corrected chi connectivity index (χ0v) is 11.6. The minimum absolute atomic E-state index is 0. The fraction of sp³-hybridized carbons (Fsp3) is 0. The third-order valence-electron chi connectivity index (χ3n) is 0.243. The van der Waals surface area contributed by atoms with Gasteiger partial charge in [-0.05, 0) is 0 Å². The summed E-state index contributed by atoms with van der Waals surface area (Å²) < 4.78 is 3.47. The molecule has 0 aromatic rings. The minimum Gasteiger partial charge on any atom is -1.00 e. The molecule has 44 valence electrons. The molecular weight excluding hydrogens is 180 g/mol. The molecule has 9 heavy (non-hydrogen) atoms. The molecule has 0 amide bonds. The average Bonchev–Trinajstić information content (AvgIpc) is 1.27. The van der Waals surface area contributed by atoms with Crippen LogP contribution in [-0.4, -0.2) is 34.7 Å². The summed E-state index contributed by atoms with van der Waals surface area (Å²) >= 11 is 0. The van der Waals surface area contributed by atoms with Crippen LogP contribution < -0.4 is 103 Å². The van der Waals surface area contributed by atoms with Crippen molar-refractivity contribution in [1.82, 2.24) is 0 Å². The van der Waals surface area contributed by atoms with Crippen LogP contribution in [0.1, 0.15) is 2.85 Å². The van der Waals surface area contributed by atoms with Crippen LogP contribution in [0.3, 0.4) is 0 Å². The van der Waals surface area contributed by atoms with Gasteiger partial charge in [-0.25, -0.2) is 0 Å². The summed E-state index contributed by atoms with van der Waals surface area (Å²) in [5, 5.41) is 30.9. The standard InChI is InChI=1S/B2H4O5.2K.2H/c3-1(4)7-2(5)6;;;;/h3-6H;;;;/q;2*+1;2*-1. The first-order chi connectivity index (χ1) is 3.13. The molecule has 0 heterocycles. The van der Waals surface area contributed by atoms with Crippen molar-refractivity contribution in [3.05, 3.63) is 0 Å². The quantitative estimate of drug-likeness (QED) is 0.321. The van der Waals surface area contributed by atoms with Gasteiger partial charge in [-0.15, -0.1) is 0 Å². The fourth-order valence-electron chi connectivity index (χ4n) is 0.109. The van der Waals surface area contributed by atoms with Crippen LogP contribution in [0.4, 0.5) is 0 Å². The van der Waals surface area contributed by atoms with Crippen LogP contribution in [-0.2, 0) is 4.57 Å². The average molecular weight is 186 g/mol. The molecule has 0 saturated heterocycles. The Balaban J connectivity index is -0.0000000300. The SMILES string of the molecule is OB(O)OB(O)O.[H-].[H-].[K+].[K+]. The molecule has 0 aliphatic carbocycles. The van der Waals surface area contributed by atoms with Crippen LogP contribution in [0, 0.1) is 0 Å². The van der Waals surface area contributed by atoms with Crippen molar-refractivity contribution in [3.63, 3.8) is 0 Å². The van der Waals surface area contributed by atoms with Crippen LogP contribution in [0.2, 0.25) is 0 Å². The van der Waals surface area contributed by atoms with E-state index in [4.69, 9.17) is 20.1 Å². The van der Waals surface area contributed by atoms with Gasteiger partial charge in [-0.1, -0.05) is 0 Å². The Morgan fingerprint density at radius 1 is 0.889 bits per heavy atom. The normalized spacial score (nSPS) is 6.67. The van der Waals surface area contributed by atoms with Crippen molar-refractivity contribution in [2.24, 2.45) is 0 Å². The Kier molecular flexibility index (Phi) is 22.5. The van der Waals surface area contributed by atoms with E-state index in [2.05, 4.69) is 4.57 Å². The fourth-order valence-corrected chi connectivity index (χ4v) is 0.109. The predicted octanol–water partition coefficient (Wildman–Crippen LogP) is -8.82. The molecule has 0 aliphatic heterocycles. The third kappa shape index (κ3) is 18.3. The summed E-state index contributed by atoms with van der Waals surface area (Å²) in [6.45, 7) is 0. The van der Waals surface area contributed by atoms with Gasteiger partial charge in [-0.2, -0.15) is 0 Å². The van der Waals surface area contributed by atoms with Crippen molar-refractivity contribution in [1.29, 1.82) is 0 Å². The van der Waals surface area contributed by atoms with E-state index in [1.54, 1.807) is 0 Å². The van der Waals surface area contributed by atoms with E-state index in [1.807, 2.05) is 0 Å². The van der Waals surface area contributed by atoms with Gasteiger partial charge in [0.1, 0.15) is 0 Å². The minimum atomic E-state index is -2.13. The van der Waals surface area contributed by atoms with Crippen molar-refractivity contribution < 1.29 is 130 Å². The van der Waals surface area contributed by atoms with E-state index in [0.717, 1.165) is 0 Å². The smallest absolute Gasteiger partial charge is 1.00 e. The maximum atomic E-state index is 7.74. The molecule has 0 fully saturated rings. The molecule has 0 rings (SSSR count). The Labute approximate surface area is 141 Å². The molecule has 0 aromatic heterocycles. The van der Waals surface area contributed by atoms with E-state index in [0.29, 0.717) is 0 Å². The van der Waals surface area contributed by atoms with Gasteiger partial charge in [0.2, 0.25) is 0 Å². The molecular formula is H6B2K2O5. The van der Waals surface area contributed by atoms with Gasteiger partial charge in [0.15, 0.2) is 0 Å². The third-order valence-corrected chi connectivity index (χ3v) is 0.243. The Morgan fingerprint density at radius 3 is 1.11 bits per heavy atom. The van der Waals surface area contributed by atoms with Crippen LogP contribution >= 0.6 is 0 Å². The summed E-state index contributed by atoms with van der Waals surface area (Å²) in [6.07, 6.45) is 0. The summed E-state index contributed by atoms with van der Waals surface area (Å²) in [5.74, 6) is 0. The van der Waals surface area contributed by atoms with Gasteiger partial charge < -0.3 is 27.5 Å². The second-order valence-electron chi connectivity index (χ2n) is 0.789. The number of hydrogen-bond acceptors (Lipinski definition) is 5. The predicted molar refractivity (Wildman–Crippen MR) is 23.7 cm³/mol. The maximum Gasteiger partial charge on any atom is 1.00 e. The maximum absolute atomic E-state index is 7.74. The second-order valence-corrected chi connectivity index (χ2v) is 0.789. The summed E-state index contributed by atoms with van der Waals surface area (Å²) in [5.41, 5.74) is 0. The Hall–Kier alpha value is 3.20. The number of rotatable bonds is 2. The van der Waals surface area contributed by atoms with Crippen LogP contribution in [0.15, 0.2) is 0 Å². The topological polar surface area (TPSA) is 90.2 Å². The molecule has 0 saturated carbocycles. The molecule has 0 radical (unpaired) electrons. The zero-order chi connectivity index (χ0) is 5.86. The monoisotopic (exact) mass is 186 g/mol. The first-order valence-electron chi connectivity index (χ1n) is 1.50. The van der Waals surface area contributed by atoms with E-state index in [-0.39, 0.29) is 106 Å². The molecule has 5 nitrogen and oxygen atoms in total. The van der Waals surface area contributed by atoms with E-state index in [9.17, 15) is 0 Å². The van der Waals surface area contributed by atoms with E-state index in [1.165, 1.54) is 0 Å². The summed E-state index contributed by atoms with van der Waals surface area (Å²) in [7, 11) is -4.25. The summed E-state index contributed by atoms with van der Waals surface area (Å²) in [6, 6.07) is 0. The second kappa shape index (κ2) is 11.2. The number of hydrogen-bond donors (Lipinski definition) is 4. The first kappa shape index (κ1) is 18.1. The van der Waals surface area contributed by atoms with Gasteiger partial charge in [-0.3, -0.25) is 0 Å². The van der Waals surface area contributed by atoms with Gasteiger partial charge in [0.05, 0.1) is 0 Å². The largest absolute Gasteiger partial charge is 1.00 e. The molecule has 0 unspecified atom stereocenters. The molecule has 9 heteroatoms. The molecule has 0 aliphatic rings. The molecule has 0 atom stereocenters. The zero-order valence-electron chi connectivity index (χ0n) is 7.35. The Bertz CT molecular complexity index is 49.7. The van der Waals surface area contributed by atoms with Crippen LogP contribution in [0.25, 0.3) is 0 Å². The van der Waals surface area contributed by atoms with Gasteiger partial charge >= 0.3 is 117 Å². The van der Waals surface area contributed by atoms with E-state index >= 15 is 0 Å². The van der Waals surface area contributed by atoms with Crippen molar-refractivity contribution in [2.75, 3.05) is 0 Å². The van der Waals surface area contributed by atoms with Crippen LogP contribution in [0.5, 0.6) is 0 Å². The molecule has 4 N–H and O–H groups in total.